The van der Waals surface area contributed by atoms with Crippen LogP contribution in [0.15, 0.2) is 18.2 Å². The summed E-state index contributed by atoms with van der Waals surface area (Å²) < 4.78 is 0. The molecule has 0 radical (unpaired) electrons. The molecule has 1 aromatic rings. The molecule has 1 aliphatic rings. The normalized spacial score (nSPS) is 18.4. The van der Waals surface area contributed by atoms with Gasteiger partial charge in [-0.15, -0.1) is 0 Å². The minimum absolute atomic E-state index is 0.0816. The molecule has 1 aliphatic heterocycles. The van der Waals surface area contributed by atoms with Crippen molar-refractivity contribution in [2.45, 2.75) is 12.8 Å². The van der Waals surface area contributed by atoms with E-state index in [0.717, 1.165) is 25.1 Å². The molecule has 21 heavy (non-hydrogen) atoms. The number of amides is 2. The van der Waals surface area contributed by atoms with Gasteiger partial charge < -0.3 is 21.3 Å². The van der Waals surface area contributed by atoms with E-state index in [1.54, 1.807) is 26.2 Å². The highest BCUT2D eigenvalue weighted by atomic mass is 16.2. The van der Waals surface area contributed by atoms with Gasteiger partial charge in [0.1, 0.15) is 0 Å². The maximum atomic E-state index is 11.9. The summed E-state index contributed by atoms with van der Waals surface area (Å²) in [6.45, 7) is 1.43. The number of hydrogen-bond acceptors (Lipinski definition) is 4. The molecule has 114 valence electrons. The largest absolute Gasteiger partial charge is 0.397 e. The molecule has 0 saturated carbocycles. The number of nitrogen functional groups attached to an aromatic ring is 1. The second-order valence-corrected chi connectivity index (χ2v) is 5.66. The lowest BCUT2D eigenvalue weighted by Crippen LogP contribution is -2.41. The van der Waals surface area contributed by atoms with Crippen molar-refractivity contribution in [1.82, 2.24) is 4.90 Å². The number of carbonyl (C=O) groups is 2. The Morgan fingerprint density at radius 2 is 2.05 bits per heavy atom. The average Bonchev–Trinajstić information content (AvgIpc) is 2.46. The molecule has 1 saturated heterocycles. The summed E-state index contributed by atoms with van der Waals surface area (Å²) in [5.41, 5.74) is 13.4. The summed E-state index contributed by atoms with van der Waals surface area (Å²) >= 11 is 0. The SMILES string of the molecule is CN(C)C(=O)c1ccc(N2CCCC(C(N)=O)C2)c(N)c1. The fourth-order valence-corrected chi connectivity index (χ4v) is 2.66. The standard InChI is InChI=1S/C15H22N4O2/c1-18(2)15(21)10-5-6-13(12(16)8-10)19-7-3-4-11(9-19)14(17)20/h5-6,8,11H,3-4,7,9,16H2,1-2H3,(H2,17,20). The van der Waals surface area contributed by atoms with Crippen LogP contribution in [0.5, 0.6) is 0 Å². The molecular formula is C15H22N4O2. The third-order valence-corrected chi connectivity index (χ3v) is 3.85. The Morgan fingerprint density at radius 1 is 1.33 bits per heavy atom. The predicted octanol–water partition coefficient (Wildman–Crippen LogP) is 0.672. The number of rotatable bonds is 3. The molecule has 2 rings (SSSR count). The van der Waals surface area contributed by atoms with Gasteiger partial charge >= 0.3 is 0 Å². The van der Waals surface area contributed by atoms with E-state index in [1.807, 2.05) is 6.07 Å². The molecule has 2 amide bonds. The number of nitrogens with two attached hydrogens (primary N) is 2. The Hall–Kier alpha value is -2.24. The van der Waals surface area contributed by atoms with Crippen LogP contribution in [0.1, 0.15) is 23.2 Å². The molecule has 0 aliphatic carbocycles. The zero-order chi connectivity index (χ0) is 15.6. The lowest BCUT2D eigenvalue weighted by atomic mass is 9.96. The first-order chi connectivity index (χ1) is 9.90. The Balaban J connectivity index is 2.21. The first-order valence-electron chi connectivity index (χ1n) is 7.05. The molecule has 1 fully saturated rings. The summed E-state index contributed by atoms with van der Waals surface area (Å²) in [4.78, 5) is 26.8. The number of benzene rings is 1. The fraction of sp³-hybridized carbons (Fsp3) is 0.467. The zero-order valence-electron chi connectivity index (χ0n) is 12.5. The molecule has 1 heterocycles. The van der Waals surface area contributed by atoms with E-state index >= 15 is 0 Å². The van der Waals surface area contributed by atoms with Crippen LogP contribution >= 0.6 is 0 Å². The van der Waals surface area contributed by atoms with Gasteiger partial charge in [0.05, 0.1) is 17.3 Å². The molecule has 4 N–H and O–H groups in total. The second-order valence-electron chi connectivity index (χ2n) is 5.66. The van der Waals surface area contributed by atoms with Gasteiger partial charge in [-0.2, -0.15) is 0 Å². The van der Waals surface area contributed by atoms with E-state index in [0.29, 0.717) is 17.8 Å². The van der Waals surface area contributed by atoms with Gasteiger partial charge in [-0.25, -0.2) is 0 Å². The van der Waals surface area contributed by atoms with Crippen LogP contribution < -0.4 is 16.4 Å². The second kappa shape index (κ2) is 6.03. The Morgan fingerprint density at radius 3 is 2.62 bits per heavy atom. The van der Waals surface area contributed by atoms with Crippen molar-refractivity contribution in [1.29, 1.82) is 0 Å². The van der Waals surface area contributed by atoms with Crippen LogP contribution in [-0.2, 0) is 4.79 Å². The van der Waals surface area contributed by atoms with Crippen LogP contribution in [0.4, 0.5) is 11.4 Å². The van der Waals surface area contributed by atoms with Crippen LogP contribution in [0.2, 0.25) is 0 Å². The lowest BCUT2D eigenvalue weighted by Gasteiger charge is -2.33. The minimum atomic E-state index is -0.266. The quantitative estimate of drug-likeness (QED) is 0.800. The number of primary amides is 1. The van der Waals surface area contributed by atoms with Crippen molar-refractivity contribution in [3.8, 4) is 0 Å². The van der Waals surface area contributed by atoms with Crippen LogP contribution in [-0.4, -0.2) is 43.9 Å². The van der Waals surface area contributed by atoms with Crippen molar-refractivity contribution in [3.63, 3.8) is 0 Å². The summed E-state index contributed by atoms with van der Waals surface area (Å²) in [5, 5.41) is 0. The third kappa shape index (κ3) is 3.26. The van der Waals surface area contributed by atoms with Gasteiger partial charge in [0.15, 0.2) is 0 Å². The van der Waals surface area contributed by atoms with Gasteiger partial charge in [-0.1, -0.05) is 0 Å². The molecule has 1 aromatic carbocycles. The van der Waals surface area contributed by atoms with Gasteiger partial charge in [0, 0.05) is 32.7 Å². The Kier molecular flexibility index (Phi) is 4.35. The molecule has 0 spiro atoms. The third-order valence-electron chi connectivity index (χ3n) is 3.85. The Labute approximate surface area is 124 Å². The van der Waals surface area contributed by atoms with Crippen molar-refractivity contribution in [3.05, 3.63) is 23.8 Å². The van der Waals surface area contributed by atoms with Crippen LogP contribution in [0.25, 0.3) is 0 Å². The number of anilines is 2. The van der Waals surface area contributed by atoms with Crippen molar-refractivity contribution in [2.75, 3.05) is 37.8 Å². The van der Waals surface area contributed by atoms with Gasteiger partial charge in [0.2, 0.25) is 5.91 Å². The molecule has 0 bridgehead atoms. The minimum Gasteiger partial charge on any atom is -0.397 e. The lowest BCUT2D eigenvalue weighted by molar-refractivity contribution is -0.122. The van der Waals surface area contributed by atoms with E-state index in [2.05, 4.69) is 4.90 Å². The fourth-order valence-electron chi connectivity index (χ4n) is 2.66. The monoisotopic (exact) mass is 290 g/mol. The average molecular weight is 290 g/mol. The number of hydrogen-bond donors (Lipinski definition) is 2. The van der Waals surface area contributed by atoms with E-state index in [4.69, 9.17) is 11.5 Å². The maximum Gasteiger partial charge on any atom is 0.253 e. The molecule has 6 heteroatoms. The van der Waals surface area contributed by atoms with Gasteiger partial charge in [-0.3, -0.25) is 9.59 Å². The summed E-state index contributed by atoms with van der Waals surface area (Å²) in [7, 11) is 3.41. The summed E-state index contributed by atoms with van der Waals surface area (Å²) in [6, 6.07) is 5.29. The first kappa shape index (κ1) is 15.2. The van der Waals surface area contributed by atoms with E-state index in [1.165, 1.54) is 4.90 Å². The van der Waals surface area contributed by atoms with E-state index < -0.39 is 0 Å². The van der Waals surface area contributed by atoms with Crippen molar-refractivity contribution < 1.29 is 9.59 Å². The van der Waals surface area contributed by atoms with Crippen LogP contribution in [0.3, 0.4) is 0 Å². The van der Waals surface area contributed by atoms with Crippen molar-refractivity contribution in [2.24, 2.45) is 11.7 Å². The molecular weight excluding hydrogens is 268 g/mol. The molecule has 1 atom stereocenters. The molecule has 1 unspecified atom stereocenters. The van der Waals surface area contributed by atoms with Gasteiger partial charge in [0.25, 0.3) is 5.91 Å². The number of piperidine rings is 1. The highest BCUT2D eigenvalue weighted by Crippen LogP contribution is 2.29. The smallest absolute Gasteiger partial charge is 0.253 e. The summed E-state index contributed by atoms with van der Waals surface area (Å²) in [5.74, 6) is -0.485. The predicted molar refractivity (Wildman–Crippen MR) is 83.0 cm³/mol. The molecule has 0 aromatic heterocycles. The zero-order valence-corrected chi connectivity index (χ0v) is 12.5. The van der Waals surface area contributed by atoms with E-state index in [9.17, 15) is 9.59 Å². The van der Waals surface area contributed by atoms with Crippen molar-refractivity contribution >= 4 is 23.2 Å². The molecule has 6 nitrogen and oxygen atoms in total. The highest BCUT2D eigenvalue weighted by Gasteiger charge is 2.25. The topological polar surface area (TPSA) is 92.7 Å². The maximum absolute atomic E-state index is 11.9. The Bertz CT molecular complexity index is 557. The van der Waals surface area contributed by atoms with Crippen LogP contribution in [0, 0.1) is 5.92 Å². The highest BCUT2D eigenvalue weighted by molar-refractivity contribution is 5.96. The summed E-state index contributed by atoms with van der Waals surface area (Å²) in [6.07, 6.45) is 1.73. The van der Waals surface area contributed by atoms with Gasteiger partial charge in [-0.05, 0) is 31.0 Å². The first-order valence-corrected chi connectivity index (χ1v) is 7.05. The van der Waals surface area contributed by atoms with E-state index in [-0.39, 0.29) is 17.7 Å². The number of nitrogens with zero attached hydrogens (tertiary/aromatic N) is 2. The number of carbonyl (C=O) groups excluding carboxylic acids is 2.